The molecule has 0 amide bonds. The van der Waals surface area contributed by atoms with Crippen molar-refractivity contribution in [3.05, 3.63) is 16.9 Å². The molecule has 4 nitrogen and oxygen atoms in total. The van der Waals surface area contributed by atoms with Gasteiger partial charge in [0, 0.05) is 43.9 Å². The Balaban J connectivity index is 2.64. The molecule has 1 aliphatic rings. The van der Waals surface area contributed by atoms with Crippen molar-refractivity contribution in [3.63, 3.8) is 0 Å². The predicted molar refractivity (Wildman–Crippen MR) is 54.8 cm³/mol. The molecule has 0 aliphatic carbocycles. The number of aromatic nitrogens is 2. The quantitative estimate of drug-likeness (QED) is 0.795. The monoisotopic (exact) mass is 250 g/mol. The third kappa shape index (κ3) is 2.16. The second-order valence-electron chi connectivity index (χ2n) is 2.14. The molecule has 0 saturated carbocycles. The minimum absolute atomic E-state index is 0.281. The van der Waals surface area contributed by atoms with Crippen LogP contribution >= 0.6 is 15.9 Å². The van der Waals surface area contributed by atoms with Gasteiger partial charge in [-0.15, -0.1) is 0 Å². The number of rotatable bonds is 1. The molecule has 1 aromatic heterocycles. The summed E-state index contributed by atoms with van der Waals surface area (Å²) in [4.78, 5) is 7.78. The fraction of sp³-hybridized carbons (Fsp3) is 0.500. The summed E-state index contributed by atoms with van der Waals surface area (Å²) in [6.07, 6.45) is 2.48. The van der Waals surface area contributed by atoms with Crippen molar-refractivity contribution in [3.8, 4) is 0 Å². The fourth-order valence-electron chi connectivity index (χ4n) is 0.748. The summed E-state index contributed by atoms with van der Waals surface area (Å²) in [5.74, 6) is -0.456. The van der Waals surface area contributed by atoms with Crippen LogP contribution in [0.4, 0.5) is 5.95 Å². The van der Waals surface area contributed by atoms with Gasteiger partial charge in [0.05, 0.1) is 9.96 Å². The van der Waals surface area contributed by atoms with Crippen molar-refractivity contribution in [2.24, 2.45) is 0 Å². The molecular weight excluding hydrogens is 232 g/mol. The smallest absolute Gasteiger partial charge is 0.225 e. The third-order valence-electron chi connectivity index (χ3n) is 1.27. The zero-order chi connectivity index (χ0) is 16.3. The molecule has 0 radical (unpaired) electrons. The van der Waals surface area contributed by atoms with Gasteiger partial charge in [0.25, 0.3) is 0 Å². The maximum Gasteiger partial charge on any atom is 0.225 e. The molecule has 1 aromatic rings. The highest BCUT2D eigenvalue weighted by Crippen LogP contribution is 2.10. The topological polar surface area (TPSA) is 41.0 Å². The van der Waals surface area contributed by atoms with Crippen LogP contribution in [0.3, 0.4) is 0 Å². The van der Waals surface area contributed by atoms with Crippen molar-refractivity contribution < 1.29 is 11.0 Å². The molecule has 0 unspecified atom stereocenters. The van der Waals surface area contributed by atoms with E-state index in [-0.39, 0.29) is 4.90 Å². The van der Waals surface area contributed by atoms with Crippen LogP contribution in [0.2, 0.25) is 0 Å². The molecule has 1 aliphatic heterocycles. The van der Waals surface area contributed by atoms with Crippen molar-refractivity contribution >= 4 is 21.9 Å². The number of hydrogen-bond donors (Lipinski definition) is 1. The maximum absolute atomic E-state index is 7.87. The summed E-state index contributed by atoms with van der Waals surface area (Å²) in [6, 6.07) is 0. The molecule has 0 spiro atoms. The second kappa shape index (κ2) is 4.02. The molecule has 0 aromatic carbocycles. The summed E-state index contributed by atoms with van der Waals surface area (Å²) in [6.45, 7) is -11.6. The van der Waals surface area contributed by atoms with E-state index in [0.717, 1.165) is 0 Å². The highest BCUT2D eigenvalue weighted by atomic mass is 79.9. The third-order valence-corrected chi connectivity index (χ3v) is 1.68. The van der Waals surface area contributed by atoms with E-state index >= 15 is 0 Å². The van der Waals surface area contributed by atoms with Crippen LogP contribution in [0.25, 0.3) is 0 Å². The SMILES string of the molecule is [2H]C1([2H])NC([2H])([2H])C([2H])([2H])N(c2ncc(Br)cn2)C1([2H])[2H]. The van der Waals surface area contributed by atoms with Gasteiger partial charge in [-0.3, -0.25) is 0 Å². The molecule has 0 bridgehead atoms. The van der Waals surface area contributed by atoms with Gasteiger partial charge in [0.15, 0.2) is 0 Å². The average Bonchev–Trinajstić information content (AvgIpc) is 2.28. The van der Waals surface area contributed by atoms with E-state index in [4.69, 9.17) is 11.0 Å². The fourth-order valence-corrected chi connectivity index (χ4v) is 0.953. The molecule has 1 fully saturated rings. The summed E-state index contributed by atoms with van der Waals surface area (Å²) in [5, 5.41) is 1.73. The Kier molecular flexibility index (Phi) is 1.07. The Morgan fingerprint density at radius 1 is 1.38 bits per heavy atom. The van der Waals surface area contributed by atoms with Gasteiger partial charge < -0.3 is 10.2 Å². The number of nitrogens with zero attached hydrogens (tertiary/aromatic N) is 3. The van der Waals surface area contributed by atoms with Gasteiger partial charge >= 0.3 is 0 Å². The maximum atomic E-state index is 7.87. The Hall–Kier alpha value is -0.680. The lowest BCUT2D eigenvalue weighted by atomic mass is 10.4. The van der Waals surface area contributed by atoms with E-state index < -0.39 is 31.9 Å². The number of anilines is 1. The first-order chi connectivity index (χ1) is 9.33. The van der Waals surface area contributed by atoms with Crippen molar-refractivity contribution in [1.82, 2.24) is 15.3 Å². The van der Waals surface area contributed by atoms with Gasteiger partial charge in [0.1, 0.15) is 0 Å². The van der Waals surface area contributed by atoms with E-state index in [0.29, 0.717) is 4.47 Å². The van der Waals surface area contributed by atoms with Gasteiger partial charge in [-0.2, -0.15) is 0 Å². The number of nitrogens with one attached hydrogen (secondary N) is 1. The van der Waals surface area contributed by atoms with Crippen LogP contribution in [0, 0.1) is 0 Å². The standard InChI is InChI=1S/C8H11BrN4/c9-7-5-11-8(12-6-7)13-3-1-10-2-4-13/h5-6,10H,1-4H2/i1D2,2D2,3D2,4D2. The Morgan fingerprint density at radius 3 is 2.62 bits per heavy atom. The van der Waals surface area contributed by atoms with Crippen LogP contribution in [0.5, 0.6) is 0 Å². The largest absolute Gasteiger partial charge is 0.338 e. The highest BCUT2D eigenvalue weighted by Gasteiger charge is 2.11. The Bertz CT molecular complexity index is 522. The zero-order valence-electron chi connectivity index (χ0n) is 14.4. The van der Waals surface area contributed by atoms with Crippen LogP contribution < -0.4 is 10.2 Å². The summed E-state index contributed by atoms with van der Waals surface area (Å²) in [5.41, 5.74) is 0. The van der Waals surface area contributed by atoms with E-state index in [2.05, 4.69) is 25.9 Å². The van der Waals surface area contributed by atoms with Crippen molar-refractivity contribution in [1.29, 1.82) is 0 Å². The van der Waals surface area contributed by atoms with Gasteiger partial charge in [-0.25, -0.2) is 9.97 Å². The summed E-state index contributed by atoms with van der Waals surface area (Å²) in [7, 11) is 0. The first-order valence-electron chi connectivity index (χ1n) is 7.40. The summed E-state index contributed by atoms with van der Waals surface area (Å²) >= 11 is 3.08. The minimum atomic E-state index is -2.92. The first kappa shape index (κ1) is 3.47. The van der Waals surface area contributed by atoms with Crippen molar-refractivity contribution in [2.45, 2.75) is 0 Å². The van der Waals surface area contributed by atoms with E-state index in [1.54, 1.807) is 5.32 Å². The number of halogens is 1. The van der Waals surface area contributed by atoms with Gasteiger partial charge in [-0.1, -0.05) is 0 Å². The minimum Gasteiger partial charge on any atom is -0.338 e. The molecule has 1 N–H and O–H groups in total. The first-order valence-corrected chi connectivity index (χ1v) is 4.19. The molecule has 0 atom stereocenters. The predicted octanol–water partition coefficient (Wildman–Crippen LogP) is 0.649. The molecule has 70 valence electrons. The molecule has 1 saturated heterocycles. The van der Waals surface area contributed by atoms with Gasteiger partial charge in [-0.05, 0) is 15.9 Å². The average molecular weight is 251 g/mol. The number of piperazine rings is 1. The van der Waals surface area contributed by atoms with Crippen LogP contribution in [-0.4, -0.2) is 36.0 Å². The van der Waals surface area contributed by atoms with Gasteiger partial charge in [0.2, 0.25) is 5.95 Å². The Labute approximate surface area is 96.7 Å². The lowest BCUT2D eigenvalue weighted by Gasteiger charge is -2.27. The summed E-state index contributed by atoms with van der Waals surface area (Å²) < 4.78 is 62.5. The van der Waals surface area contributed by atoms with Crippen LogP contribution in [0.1, 0.15) is 11.0 Å². The Morgan fingerprint density at radius 2 is 2.00 bits per heavy atom. The van der Waals surface area contributed by atoms with Crippen LogP contribution in [-0.2, 0) is 0 Å². The molecule has 2 heterocycles. The lowest BCUT2D eigenvalue weighted by Crippen LogP contribution is -2.44. The zero-order valence-corrected chi connectivity index (χ0v) is 7.96. The highest BCUT2D eigenvalue weighted by molar-refractivity contribution is 9.10. The molecule has 5 heteroatoms. The van der Waals surface area contributed by atoms with Crippen molar-refractivity contribution in [2.75, 3.05) is 30.9 Å². The second-order valence-corrected chi connectivity index (χ2v) is 3.05. The normalized spacial score (nSPS) is 42.1. The van der Waals surface area contributed by atoms with E-state index in [1.165, 1.54) is 12.4 Å². The molecular formula is C8H11BrN4. The molecule has 13 heavy (non-hydrogen) atoms. The van der Waals surface area contributed by atoms with Crippen LogP contribution in [0.15, 0.2) is 16.9 Å². The number of hydrogen-bond acceptors (Lipinski definition) is 4. The lowest BCUT2D eigenvalue weighted by molar-refractivity contribution is 0.579. The van der Waals surface area contributed by atoms with E-state index in [9.17, 15) is 0 Å². The van der Waals surface area contributed by atoms with E-state index in [1.807, 2.05) is 0 Å². The molecule has 2 rings (SSSR count).